The van der Waals surface area contributed by atoms with Crippen molar-refractivity contribution in [2.24, 2.45) is 11.3 Å². The van der Waals surface area contributed by atoms with E-state index in [2.05, 4.69) is 53.7 Å². The maximum atomic E-state index is 5.92. The van der Waals surface area contributed by atoms with Gasteiger partial charge in [0.1, 0.15) is 0 Å². The molecule has 2 saturated carbocycles. The summed E-state index contributed by atoms with van der Waals surface area (Å²) in [5.74, 6) is 1.73. The van der Waals surface area contributed by atoms with Crippen LogP contribution in [0.5, 0.6) is 0 Å². The van der Waals surface area contributed by atoms with Crippen LogP contribution in [-0.2, 0) is 4.74 Å². The number of hydrogen-bond acceptors (Lipinski definition) is 4. The van der Waals surface area contributed by atoms with Gasteiger partial charge in [-0.25, -0.2) is 0 Å². The third-order valence-electron chi connectivity index (χ3n) is 10.1. The van der Waals surface area contributed by atoms with Crippen molar-refractivity contribution in [3.63, 3.8) is 0 Å². The molecule has 2 heterocycles. The summed E-state index contributed by atoms with van der Waals surface area (Å²) < 4.78 is 5.92. The molecular weight excluding hydrogens is 430 g/mol. The molecule has 0 radical (unpaired) electrons. The van der Waals surface area contributed by atoms with Gasteiger partial charge in [0.25, 0.3) is 0 Å². The Morgan fingerprint density at radius 2 is 1.49 bits per heavy atom. The molecule has 2 aliphatic heterocycles. The first kappa shape index (κ1) is 25.4. The fraction of sp³-hybridized carbons (Fsp3) is 0.806. The fourth-order valence-electron chi connectivity index (χ4n) is 7.21. The number of benzene rings is 1. The van der Waals surface area contributed by atoms with Crippen LogP contribution < -0.4 is 9.80 Å². The van der Waals surface area contributed by atoms with Crippen LogP contribution in [0.3, 0.4) is 0 Å². The third kappa shape index (κ3) is 6.01. The van der Waals surface area contributed by atoms with E-state index in [4.69, 9.17) is 4.74 Å². The first-order valence-corrected chi connectivity index (χ1v) is 15.1. The normalized spacial score (nSPS) is 24.8. The quantitative estimate of drug-likeness (QED) is 0.391. The Hall–Kier alpha value is -1.26. The second kappa shape index (κ2) is 11.4. The summed E-state index contributed by atoms with van der Waals surface area (Å²) in [7, 11) is 0. The van der Waals surface area contributed by atoms with Gasteiger partial charge in [-0.2, -0.15) is 0 Å². The first-order valence-electron chi connectivity index (χ1n) is 15.1. The lowest BCUT2D eigenvalue weighted by atomic mass is 9.66. The van der Waals surface area contributed by atoms with Crippen molar-refractivity contribution in [2.45, 2.75) is 97.0 Å². The Morgan fingerprint density at radius 3 is 2.09 bits per heavy atom. The van der Waals surface area contributed by atoms with Crippen LogP contribution >= 0.6 is 0 Å². The summed E-state index contributed by atoms with van der Waals surface area (Å²) >= 11 is 0. The predicted molar refractivity (Wildman–Crippen MR) is 149 cm³/mol. The summed E-state index contributed by atoms with van der Waals surface area (Å²) in [6.45, 7) is 16.3. The molecule has 5 rings (SSSR count). The third-order valence-corrected chi connectivity index (χ3v) is 10.1. The van der Waals surface area contributed by atoms with Gasteiger partial charge in [0.05, 0.1) is 6.10 Å². The number of anilines is 2. The highest BCUT2D eigenvalue weighted by Crippen LogP contribution is 2.49. The molecule has 0 amide bonds. The molecule has 0 unspecified atom stereocenters. The maximum absolute atomic E-state index is 5.92. The molecule has 0 atom stereocenters. The average molecular weight is 482 g/mol. The van der Waals surface area contributed by atoms with Gasteiger partial charge < -0.3 is 14.5 Å². The van der Waals surface area contributed by atoms with E-state index < -0.39 is 0 Å². The molecule has 196 valence electrons. The fourth-order valence-corrected chi connectivity index (χ4v) is 7.21. The Balaban J connectivity index is 1.32. The van der Waals surface area contributed by atoms with Crippen molar-refractivity contribution in [1.29, 1.82) is 0 Å². The number of hydrogen-bond donors (Lipinski definition) is 0. The number of rotatable bonds is 9. The SMILES string of the molecule is CCOC1CCN(c2ccc(N3CCN(CC4CC4)CC3)c(C3CCC(CC)(CC)CC3)c2)CC1. The van der Waals surface area contributed by atoms with Crippen LogP contribution in [0.15, 0.2) is 18.2 Å². The van der Waals surface area contributed by atoms with Crippen LogP contribution in [-0.4, -0.2) is 63.4 Å². The van der Waals surface area contributed by atoms with E-state index >= 15 is 0 Å². The van der Waals surface area contributed by atoms with Gasteiger partial charge in [-0.15, -0.1) is 0 Å². The smallest absolute Gasteiger partial charge is 0.0608 e. The zero-order valence-electron chi connectivity index (χ0n) is 22.9. The summed E-state index contributed by atoms with van der Waals surface area (Å²) in [6.07, 6.45) is 13.9. The number of piperazine rings is 1. The van der Waals surface area contributed by atoms with Crippen molar-refractivity contribution in [3.8, 4) is 0 Å². The largest absolute Gasteiger partial charge is 0.378 e. The second-order valence-electron chi connectivity index (χ2n) is 12.1. The summed E-state index contributed by atoms with van der Waals surface area (Å²) in [4.78, 5) is 8.08. The highest BCUT2D eigenvalue weighted by atomic mass is 16.5. The van der Waals surface area contributed by atoms with E-state index in [1.165, 1.54) is 89.8 Å². The van der Waals surface area contributed by atoms with Crippen molar-refractivity contribution in [2.75, 3.05) is 62.2 Å². The van der Waals surface area contributed by atoms with Gasteiger partial charge >= 0.3 is 0 Å². The molecule has 0 bridgehead atoms. The maximum Gasteiger partial charge on any atom is 0.0608 e. The molecule has 2 saturated heterocycles. The molecule has 35 heavy (non-hydrogen) atoms. The lowest BCUT2D eigenvalue weighted by Crippen LogP contribution is -2.47. The summed E-state index contributed by atoms with van der Waals surface area (Å²) in [6, 6.07) is 7.54. The topological polar surface area (TPSA) is 19.0 Å². The number of nitrogens with zero attached hydrogens (tertiary/aromatic N) is 3. The van der Waals surface area contributed by atoms with Gasteiger partial charge in [-0.3, -0.25) is 4.90 Å². The lowest BCUT2D eigenvalue weighted by Gasteiger charge is -2.42. The molecular formula is C31H51N3O. The van der Waals surface area contributed by atoms with E-state index in [1.807, 2.05) is 0 Å². The van der Waals surface area contributed by atoms with Gasteiger partial charge in [-0.1, -0.05) is 26.7 Å². The summed E-state index contributed by atoms with van der Waals surface area (Å²) in [5, 5.41) is 0. The Bertz CT molecular complexity index is 791. The molecule has 4 fully saturated rings. The van der Waals surface area contributed by atoms with Gasteiger partial charge in [0, 0.05) is 63.8 Å². The van der Waals surface area contributed by atoms with E-state index in [9.17, 15) is 0 Å². The van der Waals surface area contributed by atoms with Crippen molar-refractivity contribution < 1.29 is 4.74 Å². The van der Waals surface area contributed by atoms with Gasteiger partial charge in [0.15, 0.2) is 0 Å². The van der Waals surface area contributed by atoms with E-state index in [0.29, 0.717) is 11.5 Å². The zero-order chi connectivity index (χ0) is 24.3. The molecule has 0 aromatic heterocycles. The molecule has 4 heteroatoms. The van der Waals surface area contributed by atoms with Crippen LogP contribution in [0.2, 0.25) is 0 Å². The molecule has 1 aromatic carbocycles. The van der Waals surface area contributed by atoms with Crippen LogP contribution in [0, 0.1) is 11.3 Å². The average Bonchev–Trinajstić information content (AvgIpc) is 3.74. The van der Waals surface area contributed by atoms with Crippen molar-refractivity contribution in [3.05, 3.63) is 23.8 Å². The Labute approximate surface area is 215 Å². The first-order chi connectivity index (χ1) is 17.1. The number of piperidine rings is 1. The Kier molecular flexibility index (Phi) is 8.29. The van der Waals surface area contributed by atoms with Crippen molar-refractivity contribution >= 4 is 11.4 Å². The monoisotopic (exact) mass is 481 g/mol. The van der Waals surface area contributed by atoms with Crippen molar-refractivity contribution in [1.82, 2.24) is 4.90 Å². The van der Waals surface area contributed by atoms with Crippen LogP contribution in [0.1, 0.15) is 96.5 Å². The second-order valence-corrected chi connectivity index (χ2v) is 12.1. The van der Waals surface area contributed by atoms with E-state index in [0.717, 1.165) is 44.4 Å². The highest BCUT2D eigenvalue weighted by molar-refractivity contribution is 5.63. The molecule has 0 N–H and O–H groups in total. The van der Waals surface area contributed by atoms with Gasteiger partial charge in [-0.05, 0) is 99.3 Å². The molecule has 2 aliphatic carbocycles. The molecule has 4 aliphatic rings. The van der Waals surface area contributed by atoms with Gasteiger partial charge in [0.2, 0.25) is 0 Å². The number of ether oxygens (including phenoxy) is 1. The minimum Gasteiger partial charge on any atom is -0.378 e. The van der Waals surface area contributed by atoms with E-state index in [-0.39, 0.29) is 0 Å². The highest BCUT2D eigenvalue weighted by Gasteiger charge is 2.35. The zero-order valence-corrected chi connectivity index (χ0v) is 22.9. The van der Waals surface area contributed by atoms with Crippen LogP contribution in [0.25, 0.3) is 0 Å². The standard InChI is InChI=1S/C31H51N3O/c1-4-31(5-2)15-11-26(12-16-31)29-23-27(33-17-13-28(14-18-33)35-6-3)9-10-30(29)34-21-19-32(20-22-34)24-25-7-8-25/h9-10,23,25-26,28H,4-8,11-22,24H2,1-3H3. The molecule has 4 nitrogen and oxygen atoms in total. The minimum absolute atomic E-state index is 0.455. The minimum atomic E-state index is 0.455. The molecule has 1 aromatic rings. The van der Waals surface area contributed by atoms with Crippen LogP contribution in [0.4, 0.5) is 11.4 Å². The summed E-state index contributed by atoms with van der Waals surface area (Å²) in [5.41, 5.74) is 5.26. The lowest BCUT2D eigenvalue weighted by molar-refractivity contribution is 0.0459. The predicted octanol–water partition coefficient (Wildman–Crippen LogP) is 6.69. The molecule has 0 spiro atoms. The Morgan fingerprint density at radius 1 is 0.800 bits per heavy atom. The van der Waals surface area contributed by atoms with E-state index in [1.54, 1.807) is 11.3 Å².